The first-order chi connectivity index (χ1) is 6.51. The predicted octanol–water partition coefficient (Wildman–Crippen LogP) is -0.695. The van der Waals surface area contributed by atoms with Gasteiger partial charge in [0.05, 0.1) is 13.5 Å². The molecule has 0 saturated carbocycles. The molecule has 6 heteroatoms. The molecule has 0 unspecified atom stereocenters. The lowest BCUT2D eigenvalue weighted by Crippen LogP contribution is -2.41. The summed E-state index contributed by atoms with van der Waals surface area (Å²) in [5, 5.41) is 10.7. The van der Waals surface area contributed by atoms with E-state index in [9.17, 15) is 14.4 Å². The largest absolute Gasteiger partial charge is 0.480 e. The summed E-state index contributed by atoms with van der Waals surface area (Å²) in [5.41, 5.74) is 0. The number of hydrogen-bond donors (Lipinski definition) is 2. The number of carboxylic acid groups (broad SMARTS) is 1. The SMILES string of the molecule is C=CC(=O)N[C@@H](CC(=O)OC)C(=O)O. The van der Waals surface area contributed by atoms with E-state index < -0.39 is 30.3 Å². The Kier molecular flexibility index (Phi) is 4.98. The van der Waals surface area contributed by atoms with E-state index in [1.165, 1.54) is 0 Å². The van der Waals surface area contributed by atoms with Crippen LogP contribution in [-0.4, -0.2) is 36.1 Å². The molecule has 2 N–H and O–H groups in total. The molecule has 0 aromatic carbocycles. The molecule has 1 amide bonds. The van der Waals surface area contributed by atoms with Crippen molar-refractivity contribution in [1.29, 1.82) is 0 Å². The Hall–Kier alpha value is -1.85. The number of carboxylic acids is 1. The topological polar surface area (TPSA) is 92.7 Å². The molecule has 0 fully saturated rings. The molecule has 6 nitrogen and oxygen atoms in total. The van der Waals surface area contributed by atoms with Crippen molar-refractivity contribution < 1.29 is 24.2 Å². The molecule has 1 atom stereocenters. The summed E-state index contributed by atoms with van der Waals surface area (Å²) < 4.78 is 4.27. The third-order valence-electron chi connectivity index (χ3n) is 1.40. The molecule has 0 aliphatic heterocycles. The van der Waals surface area contributed by atoms with Crippen LogP contribution in [0.25, 0.3) is 0 Å². The minimum absolute atomic E-state index is 0.411. The zero-order valence-electron chi connectivity index (χ0n) is 7.65. The van der Waals surface area contributed by atoms with Crippen LogP contribution in [0.3, 0.4) is 0 Å². The fourth-order valence-corrected chi connectivity index (χ4v) is 0.681. The lowest BCUT2D eigenvalue weighted by molar-refractivity contribution is -0.148. The van der Waals surface area contributed by atoms with E-state index in [1.54, 1.807) is 0 Å². The predicted molar refractivity (Wildman–Crippen MR) is 46.4 cm³/mol. The minimum Gasteiger partial charge on any atom is -0.480 e. The fourth-order valence-electron chi connectivity index (χ4n) is 0.681. The Morgan fingerprint density at radius 3 is 2.50 bits per heavy atom. The van der Waals surface area contributed by atoms with E-state index in [0.717, 1.165) is 13.2 Å². The number of esters is 1. The lowest BCUT2D eigenvalue weighted by Gasteiger charge is -2.11. The van der Waals surface area contributed by atoms with Gasteiger partial charge in [-0.2, -0.15) is 0 Å². The summed E-state index contributed by atoms with van der Waals surface area (Å²) in [6.07, 6.45) is 0.513. The van der Waals surface area contributed by atoms with Gasteiger partial charge in [0.1, 0.15) is 6.04 Å². The van der Waals surface area contributed by atoms with Crippen LogP contribution < -0.4 is 5.32 Å². The maximum atomic E-state index is 10.8. The Labute approximate surface area is 80.5 Å². The molecule has 0 heterocycles. The van der Waals surface area contributed by atoms with Crippen molar-refractivity contribution in [3.05, 3.63) is 12.7 Å². The first kappa shape index (κ1) is 12.2. The van der Waals surface area contributed by atoms with Crippen molar-refractivity contribution in [2.75, 3.05) is 7.11 Å². The molecule has 0 bridgehead atoms. The van der Waals surface area contributed by atoms with E-state index in [-0.39, 0.29) is 0 Å². The second-order valence-electron chi connectivity index (χ2n) is 2.38. The van der Waals surface area contributed by atoms with Crippen molar-refractivity contribution in [1.82, 2.24) is 5.32 Å². The third-order valence-corrected chi connectivity index (χ3v) is 1.40. The molecule has 0 rings (SSSR count). The van der Waals surface area contributed by atoms with Gasteiger partial charge in [-0.15, -0.1) is 0 Å². The summed E-state index contributed by atoms with van der Waals surface area (Å²) in [6, 6.07) is -1.28. The maximum absolute atomic E-state index is 10.8. The van der Waals surface area contributed by atoms with Crippen LogP contribution in [-0.2, 0) is 19.1 Å². The van der Waals surface area contributed by atoms with Crippen molar-refractivity contribution in [2.24, 2.45) is 0 Å². The van der Waals surface area contributed by atoms with E-state index in [2.05, 4.69) is 16.6 Å². The van der Waals surface area contributed by atoms with Gasteiger partial charge in [-0.25, -0.2) is 4.79 Å². The molecule has 0 aliphatic rings. The molecule has 0 aliphatic carbocycles. The molecular weight excluding hydrogens is 190 g/mol. The number of rotatable bonds is 5. The number of carbonyl (C=O) groups excluding carboxylic acids is 2. The van der Waals surface area contributed by atoms with Crippen molar-refractivity contribution in [3.8, 4) is 0 Å². The number of amides is 1. The zero-order chi connectivity index (χ0) is 11.1. The van der Waals surface area contributed by atoms with E-state index in [1.807, 2.05) is 0 Å². The Bertz CT molecular complexity index is 260. The van der Waals surface area contributed by atoms with E-state index in [0.29, 0.717) is 0 Å². The van der Waals surface area contributed by atoms with Crippen molar-refractivity contribution in [3.63, 3.8) is 0 Å². The minimum atomic E-state index is -1.30. The van der Waals surface area contributed by atoms with Crippen LogP contribution in [0.5, 0.6) is 0 Å². The summed E-state index contributed by atoms with van der Waals surface area (Å²) in [4.78, 5) is 32.0. The van der Waals surface area contributed by atoms with Gasteiger partial charge < -0.3 is 15.2 Å². The van der Waals surface area contributed by atoms with Crippen LogP contribution in [0.2, 0.25) is 0 Å². The summed E-state index contributed by atoms with van der Waals surface area (Å²) in [7, 11) is 1.14. The maximum Gasteiger partial charge on any atom is 0.326 e. The number of carbonyl (C=O) groups is 3. The van der Waals surface area contributed by atoms with Gasteiger partial charge in [-0.1, -0.05) is 6.58 Å². The molecule has 0 aromatic rings. The monoisotopic (exact) mass is 201 g/mol. The van der Waals surface area contributed by atoms with Gasteiger partial charge in [0.25, 0.3) is 0 Å². The number of hydrogen-bond acceptors (Lipinski definition) is 4. The van der Waals surface area contributed by atoms with Gasteiger partial charge in [-0.05, 0) is 6.08 Å². The Balaban J connectivity index is 4.30. The lowest BCUT2D eigenvalue weighted by atomic mass is 10.2. The van der Waals surface area contributed by atoms with Crippen LogP contribution >= 0.6 is 0 Å². The summed E-state index contributed by atoms with van der Waals surface area (Å²) in [5.74, 6) is -2.66. The summed E-state index contributed by atoms with van der Waals surface area (Å²) in [6.45, 7) is 3.15. The molecule has 0 radical (unpaired) electrons. The number of ether oxygens (including phenoxy) is 1. The summed E-state index contributed by atoms with van der Waals surface area (Å²) >= 11 is 0. The zero-order valence-corrected chi connectivity index (χ0v) is 7.65. The molecule has 0 saturated heterocycles. The van der Waals surface area contributed by atoms with Crippen LogP contribution in [0.1, 0.15) is 6.42 Å². The normalized spacial score (nSPS) is 11.2. The van der Waals surface area contributed by atoms with E-state index >= 15 is 0 Å². The number of aliphatic carboxylic acids is 1. The average Bonchev–Trinajstić information content (AvgIpc) is 2.16. The first-order valence-electron chi connectivity index (χ1n) is 3.73. The molecule has 0 spiro atoms. The quantitative estimate of drug-likeness (QED) is 0.453. The standard InChI is InChI=1S/C8H11NO5/c1-3-6(10)9-5(8(12)13)4-7(11)14-2/h3,5H,1,4H2,2H3,(H,9,10)(H,12,13)/t5-/m0/s1. The highest BCUT2D eigenvalue weighted by Crippen LogP contribution is 1.95. The number of methoxy groups -OCH3 is 1. The van der Waals surface area contributed by atoms with Crippen LogP contribution in [0.15, 0.2) is 12.7 Å². The third kappa shape index (κ3) is 4.24. The smallest absolute Gasteiger partial charge is 0.326 e. The van der Waals surface area contributed by atoms with Crippen LogP contribution in [0.4, 0.5) is 0 Å². The van der Waals surface area contributed by atoms with Gasteiger partial charge in [0, 0.05) is 0 Å². The fraction of sp³-hybridized carbons (Fsp3) is 0.375. The second kappa shape index (κ2) is 5.74. The van der Waals surface area contributed by atoms with Crippen LogP contribution in [0, 0.1) is 0 Å². The highest BCUT2D eigenvalue weighted by Gasteiger charge is 2.22. The van der Waals surface area contributed by atoms with Crippen molar-refractivity contribution >= 4 is 17.8 Å². The number of nitrogens with one attached hydrogen (secondary N) is 1. The Morgan fingerprint density at radius 2 is 2.14 bits per heavy atom. The van der Waals surface area contributed by atoms with Crippen molar-refractivity contribution in [2.45, 2.75) is 12.5 Å². The molecule has 78 valence electrons. The Morgan fingerprint density at radius 1 is 1.57 bits per heavy atom. The molecular formula is C8H11NO5. The van der Waals surface area contributed by atoms with Gasteiger partial charge in [-0.3, -0.25) is 9.59 Å². The van der Waals surface area contributed by atoms with Gasteiger partial charge >= 0.3 is 11.9 Å². The average molecular weight is 201 g/mol. The van der Waals surface area contributed by atoms with E-state index in [4.69, 9.17) is 5.11 Å². The first-order valence-corrected chi connectivity index (χ1v) is 3.73. The highest BCUT2D eigenvalue weighted by atomic mass is 16.5. The molecule has 14 heavy (non-hydrogen) atoms. The highest BCUT2D eigenvalue weighted by molar-refractivity contribution is 5.92. The second-order valence-corrected chi connectivity index (χ2v) is 2.38. The van der Waals surface area contributed by atoms with Gasteiger partial charge in [0.2, 0.25) is 5.91 Å². The molecule has 0 aromatic heterocycles. The van der Waals surface area contributed by atoms with Gasteiger partial charge in [0.15, 0.2) is 0 Å².